The second kappa shape index (κ2) is 13.9. The van der Waals surface area contributed by atoms with Crippen LogP contribution in [-0.4, -0.2) is 60.9 Å². The predicted molar refractivity (Wildman–Crippen MR) is 187 cm³/mol. The van der Waals surface area contributed by atoms with Crippen molar-refractivity contribution in [3.8, 4) is 0 Å². The van der Waals surface area contributed by atoms with Crippen molar-refractivity contribution >= 4 is 43.9 Å². The summed E-state index contributed by atoms with van der Waals surface area (Å²) >= 11 is 1.56. The molecule has 0 spiro atoms. The molecule has 0 amide bonds. The van der Waals surface area contributed by atoms with Crippen molar-refractivity contribution in [3.63, 3.8) is 0 Å². The van der Waals surface area contributed by atoms with Gasteiger partial charge in [-0.1, -0.05) is 47.2 Å². The van der Waals surface area contributed by atoms with Gasteiger partial charge in [0.05, 0.1) is 17.6 Å². The molecule has 7 nitrogen and oxygen atoms in total. The second-order valence-electron chi connectivity index (χ2n) is 14.0. The number of hydrogen-bond acceptors (Lipinski definition) is 8. The van der Waals surface area contributed by atoms with Crippen LogP contribution in [0.15, 0.2) is 93.5 Å². The molecule has 13 heteroatoms. The zero-order chi connectivity index (χ0) is 36.0. The lowest BCUT2D eigenvalue weighted by atomic mass is 9.48. The molecule has 3 aromatic rings. The first-order valence-corrected chi connectivity index (χ1v) is 21.0. The van der Waals surface area contributed by atoms with Gasteiger partial charge in [0.2, 0.25) is 0 Å². The number of benzene rings is 3. The minimum Gasteiger partial charge on any atom is -0.465 e. The van der Waals surface area contributed by atoms with E-state index in [9.17, 15) is 27.5 Å². The molecule has 0 heterocycles. The number of ketones is 1. The maximum absolute atomic E-state index is 15.2. The van der Waals surface area contributed by atoms with Crippen LogP contribution in [0.1, 0.15) is 67.8 Å². The smallest absolute Gasteiger partial charge is 0.401 e. The van der Waals surface area contributed by atoms with Gasteiger partial charge in [-0.15, -0.1) is 0 Å². The highest BCUT2D eigenvalue weighted by Gasteiger charge is 2.61. The van der Waals surface area contributed by atoms with Crippen molar-refractivity contribution in [2.24, 2.45) is 17.3 Å². The summed E-state index contributed by atoms with van der Waals surface area (Å²) in [7, 11) is -8.68. The largest absolute Gasteiger partial charge is 0.465 e. The third kappa shape index (κ3) is 7.39. The predicted octanol–water partition coefficient (Wildman–Crippen LogP) is 8.34. The molecule has 7 rings (SSSR count). The monoisotopic (exact) mass is 750 g/mol. The first-order valence-electron chi connectivity index (χ1n) is 16.7. The SMILES string of the molecule is CCS(C)(OS(=O)(=O)C(F)(F)C(F)CCOC(=O)C12CC3CC(CC(O)(C3)C1)C2)c1ccc(C(=O)c2ccc(Sc3ccccc3)cc2)cc1. The average molecular weight is 751 g/mol. The lowest BCUT2D eigenvalue weighted by molar-refractivity contribution is -0.196. The van der Waals surface area contributed by atoms with Crippen LogP contribution in [0.4, 0.5) is 13.2 Å². The Morgan fingerprint density at radius 2 is 1.48 bits per heavy atom. The Hall–Kier alpha value is -2.84. The van der Waals surface area contributed by atoms with Crippen molar-refractivity contribution in [3.05, 3.63) is 90.0 Å². The fourth-order valence-electron chi connectivity index (χ4n) is 8.04. The minimum absolute atomic E-state index is 0.0150. The molecule has 4 atom stereocenters. The van der Waals surface area contributed by atoms with Crippen LogP contribution in [0.2, 0.25) is 0 Å². The fourth-order valence-corrected chi connectivity index (χ4v) is 13.0. The molecule has 4 fully saturated rings. The van der Waals surface area contributed by atoms with Gasteiger partial charge in [0.15, 0.2) is 12.0 Å². The van der Waals surface area contributed by atoms with E-state index in [0.717, 1.165) is 16.2 Å². The van der Waals surface area contributed by atoms with Crippen LogP contribution in [0.5, 0.6) is 0 Å². The summed E-state index contributed by atoms with van der Waals surface area (Å²) in [6.07, 6.45) is 0.633. The molecule has 4 aliphatic rings. The maximum atomic E-state index is 15.2. The zero-order valence-electron chi connectivity index (χ0n) is 27.9. The Balaban J connectivity index is 1.06. The van der Waals surface area contributed by atoms with Crippen LogP contribution < -0.4 is 0 Å². The molecule has 0 aromatic heterocycles. The highest BCUT2D eigenvalue weighted by atomic mass is 32.3. The molecule has 4 unspecified atom stereocenters. The molecule has 50 heavy (non-hydrogen) atoms. The number of rotatable bonds is 14. The van der Waals surface area contributed by atoms with Gasteiger partial charge in [-0.3, -0.25) is 9.59 Å². The van der Waals surface area contributed by atoms with Gasteiger partial charge in [0.1, 0.15) is 0 Å². The van der Waals surface area contributed by atoms with Crippen molar-refractivity contribution in [2.75, 3.05) is 18.6 Å². The Morgan fingerprint density at radius 1 is 0.920 bits per heavy atom. The lowest BCUT2D eigenvalue weighted by Crippen LogP contribution is -2.58. The van der Waals surface area contributed by atoms with E-state index < -0.39 is 61.9 Å². The van der Waals surface area contributed by atoms with Gasteiger partial charge < -0.3 is 9.84 Å². The van der Waals surface area contributed by atoms with E-state index in [1.165, 1.54) is 30.5 Å². The fraction of sp³-hybridized carbons (Fsp3) is 0.459. The topological polar surface area (TPSA) is 107 Å². The van der Waals surface area contributed by atoms with Crippen molar-refractivity contribution in [1.82, 2.24) is 0 Å². The third-order valence-corrected chi connectivity index (χ3v) is 16.5. The first-order chi connectivity index (χ1) is 23.6. The number of carbonyl (C=O) groups excluding carboxylic acids is 2. The number of aliphatic hydroxyl groups is 1. The Kier molecular flexibility index (Phi) is 10.3. The van der Waals surface area contributed by atoms with E-state index >= 15 is 8.78 Å². The number of halogens is 3. The van der Waals surface area contributed by atoms with Crippen molar-refractivity contribution < 1.29 is 44.7 Å². The van der Waals surface area contributed by atoms with Gasteiger partial charge in [-0.05, 0) is 117 Å². The highest BCUT2D eigenvalue weighted by Crippen LogP contribution is 2.62. The van der Waals surface area contributed by atoms with E-state index in [1.807, 2.05) is 42.5 Å². The standard InChI is InChI=1S/C37H41F3O7S3/c1-3-49(2,31-15-11-28(12-16-31)33(41)27-9-13-30(14-10-27)48-29-7-5-4-6-8-29)47-50(44,45)37(39,40)32(38)17-18-46-34(42)35-20-25-19-26(21-35)23-36(43,22-25)24-35/h4-16,25-26,32,43H,3,17-24H2,1-2H3. The number of carbonyl (C=O) groups is 2. The number of alkyl halides is 3. The van der Waals surface area contributed by atoms with Crippen LogP contribution in [0.25, 0.3) is 0 Å². The summed E-state index contributed by atoms with van der Waals surface area (Å²) in [5, 5.41) is 5.98. The lowest BCUT2D eigenvalue weighted by Gasteiger charge is -2.58. The molecule has 0 aliphatic heterocycles. The Bertz CT molecular complexity index is 1810. The van der Waals surface area contributed by atoms with Gasteiger partial charge in [0, 0.05) is 38.0 Å². The van der Waals surface area contributed by atoms with Gasteiger partial charge in [-0.2, -0.15) is 17.2 Å². The summed E-state index contributed by atoms with van der Waals surface area (Å²) in [6, 6.07) is 22.8. The maximum Gasteiger partial charge on any atom is 0.401 e. The van der Waals surface area contributed by atoms with Gasteiger partial charge >= 0.3 is 21.3 Å². The molecular weight excluding hydrogens is 710 g/mol. The highest BCUT2D eigenvalue weighted by molar-refractivity contribution is 8.32. The molecule has 0 radical (unpaired) electrons. The Labute approximate surface area is 297 Å². The number of esters is 1. The molecular formula is C37H41F3O7S3. The molecule has 270 valence electrons. The quantitative estimate of drug-likeness (QED) is 0.130. The Morgan fingerprint density at radius 3 is 2.04 bits per heavy atom. The summed E-state index contributed by atoms with van der Waals surface area (Å²) < 4.78 is 81.6. The van der Waals surface area contributed by atoms with Crippen molar-refractivity contribution in [2.45, 2.75) is 83.6 Å². The average Bonchev–Trinajstić information content (AvgIpc) is 3.07. The van der Waals surface area contributed by atoms with E-state index in [2.05, 4.69) is 0 Å². The number of hydrogen-bond donors (Lipinski definition) is 1. The summed E-state index contributed by atoms with van der Waals surface area (Å²) in [6.45, 7) is 0.840. The minimum atomic E-state index is -5.78. The first kappa shape index (κ1) is 36.9. The van der Waals surface area contributed by atoms with E-state index in [1.54, 1.807) is 30.8 Å². The summed E-state index contributed by atoms with van der Waals surface area (Å²) in [4.78, 5) is 28.5. The molecule has 0 saturated heterocycles. The van der Waals surface area contributed by atoms with Gasteiger partial charge in [-0.25, -0.2) is 8.02 Å². The molecule has 3 aromatic carbocycles. The molecule has 1 N–H and O–H groups in total. The normalized spacial score (nSPS) is 26.9. The van der Waals surface area contributed by atoms with Crippen molar-refractivity contribution in [1.29, 1.82) is 0 Å². The summed E-state index contributed by atoms with van der Waals surface area (Å²) in [5.41, 5.74) is -1.11. The van der Waals surface area contributed by atoms with Gasteiger partial charge in [0.25, 0.3) is 0 Å². The zero-order valence-corrected chi connectivity index (χ0v) is 30.3. The third-order valence-electron chi connectivity index (χ3n) is 10.3. The molecule has 4 aliphatic carbocycles. The van der Waals surface area contributed by atoms with E-state index in [-0.39, 0.29) is 34.7 Å². The van der Waals surface area contributed by atoms with Crippen LogP contribution in [0, 0.1) is 17.3 Å². The van der Waals surface area contributed by atoms with Crippen LogP contribution >= 0.6 is 22.1 Å². The number of ether oxygens (including phenoxy) is 1. The van der Waals surface area contributed by atoms with Crippen LogP contribution in [-0.2, 0) is 23.3 Å². The summed E-state index contributed by atoms with van der Waals surface area (Å²) in [5.74, 6) is -0.544. The molecule has 4 saturated carbocycles. The second-order valence-corrected chi connectivity index (χ2v) is 20.2. The van der Waals surface area contributed by atoms with E-state index in [4.69, 9.17) is 8.37 Å². The van der Waals surface area contributed by atoms with E-state index in [0.29, 0.717) is 36.8 Å². The van der Waals surface area contributed by atoms with Crippen LogP contribution in [0.3, 0.4) is 0 Å². The molecule has 4 bridgehead atoms.